The molecule has 8 heteroatoms. The van der Waals surface area contributed by atoms with Gasteiger partial charge in [0.15, 0.2) is 0 Å². The van der Waals surface area contributed by atoms with Gasteiger partial charge in [0, 0.05) is 17.9 Å². The first kappa shape index (κ1) is 27.4. The second-order valence-corrected chi connectivity index (χ2v) is 9.26. The molecule has 202 valence electrons. The molecule has 0 saturated carbocycles. The van der Waals surface area contributed by atoms with E-state index in [2.05, 4.69) is 22.9 Å². The molecule has 1 aliphatic rings. The molecule has 3 aromatic carbocycles. The number of esters is 1. The summed E-state index contributed by atoms with van der Waals surface area (Å²) < 4.78 is 5.49. The van der Waals surface area contributed by atoms with E-state index < -0.39 is 18.0 Å². The molecule has 1 heterocycles. The van der Waals surface area contributed by atoms with Gasteiger partial charge in [0.2, 0.25) is 0 Å². The van der Waals surface area contributed by atoms with Gasteiger partial charge >= 0.3 is 18.0 Å². The van der Waals surface area contributed by atoms with Crippen molar-refractivity contribution >= 4 is 35.1 Å². The molecule has 0 aliphatic carbocycles. The quantitative estimate of drug-likeness (QED) is 0.278. The lowest BCUT2D eigenvalue weighted by Crippen LogP contribution is -2.48. The third-order valence-electron chi connectivity index (χ3n) is 6.48. The molecule has 4 amide bonds. The Labute approximate surface area is 229 Å². The fourth-order valence-electron chi connectivity index (χ4n) is 4.56. The topological polar surface area (TPSA) is 99.8 Å². The molecule has 0 radical (unpaired) electrons. The summed E-state index contributed by atoms with van der Waals surface area (Å²) in [7, 11) is 0. The molecular weight excluding hydrogens is 492 g/mol. The van der Waals surface area contributed by atoms with E-state index in [1.54, 1.807) is 30.0 Å². The number of benzene rings is 3. The zero-order valence-electron chi connectivity index (χ0n) is 22.5. The molecule has 3 aromatic rings. The maximum absolute atomic E-state index is 13.5. The van der Waals surface area contributed by atoms with Gasteiger partial charge in [0.1, 0.15) is 0 Å². The maximum atomic E-state index is 13.5. The van der Waals surface area contributed by atoms with Crippen molar-refractivity contribution in [3.05, 3.63) is 101 Å². The Kier molecular flexibility index (Phi) is 8.99. The number of hydrogen-bond acceptors (Lipinski definition) is 4. The molecule has 1 aliphatic heterocycles. The molecule has 8 nitrogen and oxygen atoms in total. The van der Waals surface area contributed by atoms with Crippen molar-refractivity contribution in [2.45, 2.75) is 39.7 Å². The van der Waals surface area contributed by atoms with Crippen LogP contribution in [0, 0.1) is 6.92 Å². The molecular formula is C31H34N4O4. The van der Waals surface area contributed by atoms with Gasteiger partial charge < -0.3 is 20.7 Å². The minimum atomic E-state index is -0.772. The Hall–Kier alpha value is -4.59. The summed E-state index contributed by atoms with van der Waals surface area (Å²) in [4.78, 5) is 41.2. The molecule has 3 N–H and O–H groups in total. The van der Waals surface area contributed by atoms with Gasteiger partial charge in [-0.25, -0.2) is 14.4 Å². The predicted octanol–water partition coefficient (Wildman–Crippen LogP) is 6.48. The zero-order valence-corrected chi connectivity index (χ0v) is 22.5. The molecule has 4 rings (SSSR count). The lowest BCUT2D eigenvalue weighted by Gasteiger charge is -2.37. The highest BCUT2D eigenvalue weighted by atomic mass is 16.5. The van der Waals surface area contributed by atoms with E-state index in [1.165, 1.54) is 0 Å². The van der Waals surface area contributed by atoms with Gasteiger partial charge in [-0.3, -0.25) is 4.90 Å². The van der Waals surface area contributed by atoms with Gasteiger partial charge in [-0.2, -0.15) is 0 Å². The van der Waals surface area contributed by atoms with E-state index in [4.69, 9.17) is 4.74 Å². The minimum absolute atomic E-state index is 0.195. The Morgan fingerprint density at radius 3 is 2.41 bits per heavy atom. The Bertz CT molecular complexity index is 1370. The summed E-state index contributed by atoms with van der Waals surface area (Å²) >= 11 is 0. The van der Waals surface area contributed by atoms with Crippen molar-refractivity contribution in [1.29, 1.82) is 0 Å². The first-order chi connectivity index (χ1) is 18.9. The number of carbonyl (C=O) groups is 3. The molecule has 0 aromatic heterocycles. The number of nitrogens with zero attached hydrogens (tertiary/aromatic N) is 1. The number of hydrogen-bond donors (Lipinski definition) is 3. The van der Waals surface area contributed by atoms with Crippen LogP contribution in [-0.4, -0.2) is 36.1 Å². The summed E-state index contributed by atoms with van der Waals surface area (Å²) in [6.07, 6.45) is 1.67. The normalized spacial score (nSPS) is 15.0. The first-order valence-corrected chi connectivity index (χ1v) is 13.2. The number of urea groups is 2. The van der Waals surface area contributed by atoms with Gasteiger partial charge in [0.25, 0.3) is 0 Å². The summed E-state index contributed by atoms with van der Waals surface area (Å²) in [5.41, 5.74) is 4.44. The predicted molar refractivity (Wildman–Crippen MR) is 153 cm³/mol. The van der Waals surface area contributed by atoms with Crippen molar-refractivity contribution in [1.82, 2.24) is 10.2 Å². The SMILES string of the molecule is CCCCN1C(=O)NC(c2cccc(NC(=O)Nc3ccccc3C)c2)C(C(=O)OCC)=C1c1ccccc1. The second kappa shape index (κ2) is 12.8. The number of aryl methyl sites for hydroxylation is 1. The van der Waals surface area contributed by atoms with Gasteiger partial charge in [-0.05, 0) is 55.2 Å². The fourth-order valence-corrected chi connectivity index (χ4v) is 4.56. The number of para-hydroxylation sites is 1. The van der Waals surface area contributed by atoms with Crippen LogP contribution >= 0.6 is 0 Å². The highest BCUT2D eigenvalue weighted by molar-refractivity contribution is 6.05. The molecule has 0 bridgehead atoms. The van der Waals surface area contributed by atoms with Crippen molar-refractivity contribution in [3.63, 3.8) is 0 Å². The van der Waals surface area contributed by atoms with E-state index in [0.717, 1.165) is 24.0 Å². The molecule has 39 heavy (non-hydrogen) atoms. The number of anilines is 2. The third-order valence-corrected chi connectivity index (χ3v) is 6.48. The van der Waals surface area contributed by atoms with Gasteiger partial charge in [0.05, 0.1) is 23.9 Å². The van der Waals surface area contributed by atoms with E-state index in [-0.39, 0.29) is 12.6 Å². The third kappa shape index (κ3) is 6.46. The number of unbranched alkanes of at least 4 members (excludes halogenated alkanes) is 1. The second-order valence-electron chi connectivity index (χ2n) is 9.26. The molecule has 1 unspecified atom stereocenters. The van der Waals surface area contributed by atoms with Crippen LogP contribution in [0.3, 0.4) is 0 Å². The van der Waals surface area contributed by atoms with E-state index in [9.17, 15) is 14.4 Å². The Morgan fingerprint density at radius 1 is 0.949 bits per heavy atom. The van der Waals surface area contributed by atoms with Crippen LogP contribution in [0.5, 0.6) is 0 Å². The maximum Gasteiger partial charge on any atom is 0.338 e. The van der Waals surface area contributed by atoms with Crippen molar-refractivity contribution in [2.24, 2.45) is 0 Å². The van der Waals surface area contributed by atoms with Crippen LogP contribution in [0.1, 0.15) is 49.4 Å². The first-order valence-electron chi connectivity index (χ1n) is 13.2. The average molecular weight is 527 g/mol. The summed E-state index contributed by atoms with van der Waals surface area (Å²) in [5, 5.41) is 8.71. The smallest absolute Gasteiger partial charge is 0.338 e. The van der Waals surface area contributed by atoms with Crippen LogP contribution in [-0.2, 0) is 9.53 Å². The lowest BCUT2D eigenvalue weighted by atomic mass is 9.91. The minimum Gasteiger partial charge on any atom is -0.463 e. The number of rotatable bonds is 9. The van der Waals surface area contributed by atoms with Crippen molar-refractivity contribution in [3.8, 4) is 0 Å². The average Bonchev–Trinajstić information content (AvgIpc) is 2.93. The largest absolute Gasteiger partial charge is 0.463 e. The summed E-state index contributed by atoms with van der Waals surface area (Å²) in [6.45, 7) is 6.38. The summed E-state index contributed by atoms with van der Waals surface area (Å²) in [6, 6.07) is 22.6. The van der Waals surface area contributed by atoms with Gasteiger partial charge in [-0.1, -0.05) is 74.0 Å². The van der Waals surface area contributed by atoms with Crippen LogP contribution in [0.4, 0.5) is 21.0 Å². The fraction of sp³-hybridized carbons (Fsp3) is 0.258. The highest BCUT2D eigenvalue weighted by Crippen LogP contribution is 2.37. The number of amides is 4. The van der Waals surface area contributed by atoms with Crippen LogP contribution in [0.25, 0.3) is 5.70 Å². The lowest BCUT2D eigenvalue weighted by molar-refractivity contribution is -0.138. The zero-order chi connectivity index (χ0) is 27.8. The van der Waals surface area contributed by atoms with E-state index in [1.807, 2.05) is 67.6 Å². The number of ether oxygens (including phenoxy) is 1. The van der Waals surface area contributed by atoms with E-state index in [0.29, 0.717) is 34.8 Å². The van der Waals surface area contributed by atoms with Crippen molar-refractivity contribution < 1.29 is 19.1 Å². The molecule has 0 saturated heterocycles. The van der Waals surface area contributed by atoms with E-state index >= 15 is 0 Å². The van der Waals surface area contributed by atoms with Crippen LogP contribution in [0.15, 0.2) is 84.4 Å². The standard InChI is InChI=1S/C31H34N4O4/c1-4-6-19-35-28(22-14-8-7-9-15-22)26(29(36)39-5-2)27(34-31(35)38)23-16-12-17-24(20-23)32-30(37)33-25-18-11-10-13-21(25)3/h7-18,20,27H,4-6,19H2,1-3H3,(H,34,38)(H2,32,33,37). The monoisotopic (exact) mass is 526 g/mol. The number of nitrogens with one attached hydrogen (secondary N) is 3. The van der Waals surface area contributed by atoms with Crippen molar-refractivity contribution in [2.75, 3.05) is 23.8 Å². The van der Waals surface area contributed by atoms with Crippen LogP contribution in [0.2, 0.25) is 0 Å². The Morgan fingerprint density at radius 2 is 1.69 bits per heavy atom. The summed E-state index contributed by atoms with van der Waals surface area (Å²) in [5.74, 6) is -0.501. The molecule has 0 spiro atoms. The molecule has 1 atom stereocenters. The van der Waals surface area contributed by atoms with Crippen LogP contribution < -0.4 is 16.0 Å². The highest BCUT2D eigenvalue weighted by Gasteiger charge is 2.38. The van der Waals surface area contributed by atoms with Gasteiger partial charge in [-0.15, -0.1) is 0 Å². The molecule has 0 fully saturated rings. The Balaban J connectivity index is 1.73. The number of carbonyl (C=O) groups excluding carboxylic acids is 3.